The zero-order valence-electron chi connectivity index (χ0n) is 8.09. The molecule has 0 aromatic rings. The molecule has 1 fully saturated rings. The van der Waals surface area contributed by atoms with Gasteiger partial charge in [0.25, 0.3) is 0 Å². The molecule has 1 aliphatic heterocycles. The summed E-state index contributed by atoms with van der Waals surface area (Å²) in [4.78, 5) is 2.49. The molecule has 0 saturated carbocycles. The van der Waals surface area contributed by atoms with Gasteiger partial charge in [-0.3, -0.25) is 4.90 Å². The van der Waals surface area contributed by atoms with Gasteiger partial charge in [-0.15, -0.1) is 0 Å². The Hall–Kier alpha value is -0.0800. The van der Waals surface area contributed by atoms with E-state index in [2.05, 4.69) is 38.0 Å². The van der Waals surface area contributed by atoms with Crippen LogP contribution >= 0.6 is 0 Å². The van der Waals surface area contributed by atoms with Gasteiger partial charge >= 0.3 is 0 Å². The zero-order chi connectivity index (χ0) is 8.43. The number of nitrogens with zero attached hydrogens (tertiary/aromatic N) is 1. The zero-order valence-corrected chi connectivity index (χ0v) is 8.09. The van der Waals surface area contributed by atoms with Crippen molar-refractivity contribution >= 4 is 0 Å². The highest BCUT2D eigenvalue weighted by atomic mass is 15.2. The number of hydrogen-bond acceptors (Lipinski definition) is 2. The number of rotatable bonds is 1. The van der Waals surface area contributed by atoms with Gasteiger partial charge in [0.05, 0.1) is 0 Å². The molecule has 0 aromatic carbocycles. The summed E-state index contributed by atoms with van der Waals surface area (Å²) in [5.74, 6) is 0.759. The highest BCUT2D eigenvalue weighted by Gasteiger charge is 2.25. The maximum atomic E-state index is 3.45. The number of nitrogens with one attached hydrogen (secondary N) is 1. The molecule has 1 heterocycles. The number of piperazine rings is 1. The van der Waals surface area contributed by atoms with Gasteiger partial charge in [-0.2, -0.15) is 0 Å². The first-order chi connectivity index (χ1) is 5.13. The summed E-state index contributed by atoms with van der Waals surface area (Å²) in [5, 5.41) is 3.45. The van der Waals surface area contributed by atoms with Crippen LogP contribution in [-0.4, -0.2) is 37.1 Å². The molecule has 0 spiro atoms. The van der Waals surface area contributed by atoms with Crippen molar-refractivity contribution in [3.8, 4) is 0 Å². The third kappa shape index (κ3) is 1.94. The minimum Gasteiger partial charge on any atom is -0.314 e. The van der Waals surface area contributed by atoms with Gasteiger partial charge in [-0.05, 0) is 19.9 Å². The molecule has 2 atom stereocenters. The summed E-state index contributed by atoms with van der Waals surface area (Å²) < 4.78 is 0. The van der Waals surface area contributed by atoms with E-state index in [1.54, 1.807) is 0 Å². The van der Waals surface area contributed by atoms with Crippen molar-refractivity contribution < 1.29 is 0 Å². The van der Waals surface area contributed by atoms with Crippen LogP contribution in [0.5, 0.6) is 0 Å². The Bertz CT molecular complexity index is 123. The highest BCUT2D eigenvalue weighted by molar-refractivity contribution is 4.84. The Kier molecular flexibility index (Phi) is 2.90. The van der Waals surface area contributed by atoms with Gasteiger partial charge in [0.2, 0.25) is 0 Å². The van der Waals surface area contributed by atoms with Crippen molar-refractivity contribution in [3.05, 3.63) is 0 Å². The summed E-state index contributed by atoms with van der Waals surface area (Å²) in [6, 6.07) is 1.41. The molecular weight excluding hydrogens is 136 g/mol. The van der Waals surface area contributed by atoms with E-state index >= 15 is 0 Å². The molecule has 11 heavy (non-hydrogen) atoms. The molecule has 2 heteroatoms. The predicted molar refractivity (Wildman–Crippen MR) is 48.7 cm³/mol. The van der Waals surface area contributed by atoms with E-state index in [1.165, 1.54) is 0 Å². The van der Waals surface area contributed by atoms with Crippen LogP contribution in [0.2, 0.25) is 0 Å². The molecule has 0 amide bonds. The lowest BCUT2D eigenvalue weighted by molar-refractivity contribution is 0.108. The van der Waals surface area contributed by atoms with Crippen LogP contribution in [0.3, 0.4) is 0 Å². The summed E-state index contributed by atoms with van der Waals surface area (Å²) in [7, 11) is 2.23. The molecule has 1 aliphatic rings. The quantitative estimate of drug-likeness (QED) is 0.607. The average Bonchev–Trinajstić information content (AvgIpc) is 1.94. The molecule has 1 saturated heterocycles. The van der Waals surface area contributed by atoms with Crippen LogP contribution in [0.15, 0.2) is 0 Å². The lowest BCUT2D eigenvalue weighted by Crippen LogP contribution is -2.56. The van der Waals surface area contributed by atoms with Gasteiger partial charge in [0.1, 0.15) is 0 Å². The van der Waals surface area contributed by atoms with Crippen molar-refractivity contribution in [3.63, 3.8) is 0 Å². The Labute approximate surface area is 70.0 Å². The molecular formula is C9H20N2. The molecule has 0 aliphatic carbocycles. The largest absolute Gasteiger partial charge is 0.314 e. The van der Waals surface area contributed by atoms with Crippen LogP contribution < -0.4 is 5.32 Å². The van der Waals surface area contributed by atoms with E-state index in [0.29, 0.717) is 6.04 Å². The van der Waals surface area contributed by atoms with Crippen LogP contribution in [-0.2, 0) is 0 Å². The van der Waals surface area contributed by atoms with Crippen LogP contribution in [0.4, 0.5) is 0 Å². The minimum atomic E-state index is 0.691. The topological polar surface area (TPSA) is 15.3 Å². The predicted octanol–water partition coefficient (Wildman–Crippen LogP) is 0.934. The number of hydrogen-bond donors (Lipinski definition) is 1. The second kappa shape index (κ2) is 3.55. The van der Waals surface area contributed by atoms with Crippen molar-refractivity contribution in [1.29, 1.82) is 0 Å². The summed E-state index contributed by atoms with van der Waals surface area (Å²) in [6.07, 6.45) is 0. The van der Waals surface area contributed by atoms with E-state index in [1.807, 2.05) is 0 Å². The fourth-order valence-corrected chi connectivity index (χ4v) is 1.76. The van der Waals surface area contributed by atoms with Crippen LogP contribution in [0, 0.1) is 5.92 Å². The summed E-state index contributed by atoms with van der Waals surface area (Å²) in [5.41, 5.74) is 0. The molecule has 1 rings (SSSR count). The molecule has 0 radical (unpaired) electrons. The fourth-order valence-electron chi connectivity index (χ4n) is 1.76. The molecule has 2 nitrogen and oxygen atoms in total. The van der Waals surface area contributed by atoms with Gasteiger partial charge in [0, 0.05) is 25.2 Å². The summed E-state index contributed by atoms with van der Waals surface area (Å²) in [6.45, 7) is 9.15. The van der Waals surface area contributed by atoms with Gasteiger partial charge in [-0.1, -0.05) is 13.8 Å². The van der Waals surface area contributed by atoms with E-state index in [4.69, 9.17) is 0 Å². The van der Waals surface area contributed by atoms with Crippen molar-refractivity contribution in [2.75, 3.05) is 20.1 Å². The second-order valence-electron chi connectivity index (χ2n) is 3.98. The molecule has 0 bridgehead atoms. The van der Waals surface area contributed by atoms with Gasteiger partial charge in [-0.25, -0.2) is 0 Å². The van der Waals surface area contributed by atoms with Crippen molar-refractivity contribution in [2.24, 2.45) is 5.92 Å². The van der Waals surface area contributed by atoms with E-state index < -0.39 is 0 Å². The third-order valence-electron chi connectivity index (χ3n) is 2.78. The van der Waals surface area contributed by atoms with E-state index in [-0.39, 0.29) is 0 Å². The fraction of sp³-hybridized carbons (Fsp3) is 1.00. The minimum absolute atomic E-state index is 0.691. The lowest BCUT2D eigenvalue weighted by Gasteiger charge is -2.40. The Balaban J connectivity index is 2.51. The second-order valence-corrected chi connectivity index (χ2v) is 3.98. The Morgan fingerprint density at radius 1 is 1.36 bits per heavy atom. The SMILES string of the molecule is CC(C)C1CNC[C@H](C)N1C. The van der Waals surface area contributed by atoms with Crippen LogP contribution in [0.25, 0.3) is 0 Å². The first-order valence-electron chi connectivity index (χ1n) is 4.55. The Morgan fingerprint density at radius 2 is 2.00 bits per heavy atom. The van der Waals surface area contributed by atoms with Gasteiger partial charge in [0.15, 0.2) is 0 Å². The molecule has 0 aromatic heterocycles. The lowest BCUT2D eigenvalue weighted by atomic mass is 9.99. The first-order valence-corrected chi connectivity index (χ1v) is 4.55. The molecule has 66 valence electrons. The highest BCUT2D eigenvalue weighted by Crippen LogP contribution is 2.14. The average molecular weight is 156 g/mol. The maximum absolute atomic E-state index is 3.45. The van der Waals surface area contributed by atoms with E-state index in [9.17, 15) is 0 Å². The Morgan fingerprint density at radius 3 is 2.45 bits per heavy atom. The normalized spacial score (nSPS) is 34.6. The maximum Gasteiger partial charge on any atom is 0.0243 e. The summed E-state index contributed by atoms with van der Waals surface area (Å²) >= 11 is 0. The monoisotopic (exact) mass is 156 g/mol. The van der Waals surface area contributed by atoms with Crippen LogP contribution in [0.1, 0.15) is 20.8 Å². The van der Waals surface area contributed by atoms with Crippen molar-refractivity contribution in [2.45, 2.75) is 32.9 Å². The third-order valence-corrected chi connectivity index (χ3v) is 2.78. The molecule has 1 unspecified atom stereocenters. The standard InChI is InChI=1S/C9H20N2/c1-7(2)9-6-10-5-8(3)11(9)4/h7-10H,5-6H2,1-4H3/t8-,9?/m0/s1. The van der Waals surface area contributed by atoms with E-state index in [0.717, 1.165) is 25.0 Å². The van der Waals surface area contributed by atoms with Gasteiger partial charge < -0.3 is 5.32 Å². The smallest absolute Gasteiger partial charge is 0.0243 e. The molecule has 1 N–H and O–H groups in total. The number of likely N-dealkylation sites (N-methyl/N-ethyl adjacent to an activating group) is 1. The first kappa shape index (κ1) is 9.01. The van der Waals surface area contributed by atoms with Crippen molar-refractivity contribution in [1.82, 2.24) is 10.2 Å².